The van der Waals surface area contributed by atoms with Crippen molar-refractivity contribution in [2.24, 2.45) is 0 Å². The second-order valence-electron chi connectivity index (χ2n) is 7.36. The Bertz CT molecular complexity index is 981. The van der Waals surface area contributed by atoms with Crippen molar-refractivity contribution < 1.29 is 14.1 Å². The SMILES string of the molecule is O=C([C@H]1CN(Cc2nc(-c3ccsc3)no2)c2ccccc2O1)N1CCCCC1. The zero-order valence-corrected chi connectivity index (χ0v) is 16.8. The second-order valence-corrected chi connectivity index (χ2v) is 8.14. The van der Waals surface area contributed by atoms with E-state index in [0.717, 1.165) is 37.2 Å². The number of para-hydroxylation sites is 2. The summed E-state index contributed by atoms with van der Waals surface area (Å²) in [5.41, 5.74) is 1.89. The molecule has 1 saturated heterocycles. The number of carbonyl (C=O) groups excluding carboxylic acids is 1. The van der Waals surface area contributed by atoms with Gasteiger partial charge in [0.25, 0.3) is 5.91 Å². The topological polar surface area (TPSA) is 71.7 Å². The molecule has 1 aromatic carbocycles. The number of aromatic nitrogens is 2. The van der Waals surface area contributed by atoms with Crippen LogP contribution in [0.5, 0.6) is 5.75 Å². The molecule has 0 N–H and O–H groups in total. The van der Waals surface area contributed by atoms with Crippen LogP contribution >= 0.6 is 11.3 Å². The summed E-state index contributed by atoms with van der Waals surface area (Å²) in [5, 5.41) is 8.07. The normalized spacial score (nSPS) is 19.0. The number of hydrogen-bond donors (Lipinski definition) is 0. The lowest BCUT2D eigenvalue weighted by Gasteiger charge is -2.37. The lowest BCUT2D eigenvalue weighted by Crippen LogP contribution is -2.51. The van der Waals surface area contributed by atoms with Crippen LogP contribution in [0.15, 0.2) is 45.6 Å². The van der Waals surface area contributed by atoms with E-state index >= 15 is 0 Å². The smallest absolute Gasteiger partial charge is 0.265 e. The van der Waals surface area contributed by atoms with E-state index in [4.69, 9.17) is 9.26 Å². The first-order valence-electron chi connectivity index (χ1n) is 9.92. The maximum Gasteiger partial charge on any atom is 0.265 e. The molecule has 1 atom stereocenters. The molecule has 7 nitrogen and oxygen atoms in total. The van der Waals surface area contributed by atoms with Gasteiger partial charge < -0.3 is 19.1 Å². The van der Waals surface area contributed by atoms with Gasteiger partial charge in [-0.1, -0.05) is 17.3 Å². The summed E-state index contributed by atoms with van der Waals surface area (Å²) < 4.78 is 11.6. The minimum atomic E-state index is -0.526. The van der Waals surface area contributed by atoms with E-state index in [9.17, 15) is 4.79 Å². The summed E-state index contributed by atoms with van der Waals surface area (Å²) in [6, 6.07) is 9.75. The first-order valence-corrected chi connectivity index (χ1v) is 10.9. The highest BCUT2D eigenvalue weighted by molar-refractivity contribution is 7.08. The van der Waals surface area contributed by atoms with Gasteiger partial charge in [0, 0.05) is 24.0 Å². The maximum absolute atomic E-state index is 13.0. The van der Waals surface area contributed by atoms with E-state index in [2.05, 4.69) is 15.0 Å². The summed E-state index contributed by atoms with van der Waals surface area (Å²) in [6.07, 6.45) is 2.79. The number of piperidine rings is 1. The Morgan fingerprint density at radius 3 is 2.86 bits per heavy atom. The molecule has 2 aliphatic heterocycles. The molecule has 150 valence electrons. The first-order chi connectivity index (χ1) is 14.3. The zero-order valence-electron chi connectivity index (χ0n) is 16.0. The summed E-state index contributed by atoms with van der Waals surface area (Å²) >= 11 is 1.60. The number of likely N-dealkylation sites (tertiary alicyclic amines) is 1. The Morgan fingerprint density at radius 2 is 2.03 bits per heavy atom. The van der Waals surface area contributed by atoms with Gasteiger partial charge in [-0.25, -0.2) is 0 Å². The minimum Gasteiger partial charge on any atom is -0.477 e. The summed E-state index contributed by atoms with van der Waals surface area (Å²) in [4.78, 5) is 21.6. The van der Waals surface area contributed by atoms with Crippen LogP contribution in [0.2, 0.25) is 0 Å². The van der Waals surface area contributed by atoms with Gasteiger partial charge in [0.15, 0.2) is 6.10 Å². The van der Waals surface area contributed by atoms with Crippen LogP contribution in [0.25, 0.3) is 11.4 Å². The molecule has 1 amide bonds. The molecule has 0 radical (unpaired) electrons. The number of carbonyl (C=O) groups is 1. The number of thiophene rings is 1. The monoisotopic (exact) mass is 410 g/mol. The van der Waals surface area contributed by atoms with Gasteiger partial charge in [0.05, 0.1) is 18.8 Å². The molecule has 1 fully saturated rings. The van der Waals surface area contributed by atoms with Crippen molar-refractivity contribution in [1.29, 1.82) is 0 Å². The van der Waals surface area contributed by atoms with Crippen molar-refractivity contribution in [1.82, 2.24) is 15.0 Å². The molecule has 0 saturated carbocycles. The van der Waals surface area contributed by atoms with Crippen LogP contribution < -0.4 is 9.64 Å². The van der Waals surface area contributed by atoms with Crippen LogP contribution in [-0.4, -0.2) is 46.7 Å². The predicted octanol–water partition coefficient (Wildman–Crippen LogP) is 3.58. The van der Waals surface area contributed by atoms with Gasteiger partial charge in [-0.05, 0) is 42.8 Å². The van der Waals surface area contributed by atoms with Crippen LogP contribution in [0, 0.1) is 0 Å². The number of hydrogen-bond acceptors (Lipinski definition) is 7. The number of fused-ring (bicyclic) bond motifs is 1. The van der Waals surface area contributed by atoms with E-state index in [1.807, 2.05) is 46.0 Å². The van der Waals surface area contributed by atoms with Crippen LogP contribution in [0.1, 0.15) is 25.2 Å². The molecule has 4 heterocycles. The molecule has 0 unspecified atom stereocenters. The number of ether oxygens (including phenoxy) is 1. The highest BCUT2D eigenvalue weighted by Crippen LogP contribution is 2.34. The highest BCUT2D eigenvalue weighted by Gasteiger charge is 2.34. The van der Waals surface area contributed by atoms with Crippen LogP contribution in [0.3, 0.4) is 0 Å². The van der Waals surface area contributed by atoms with Crippen molar-refractivity contribution in [3.63, 3.8) is 0 Å². The van der Waals surface area contributed by atoms with Gasteiger partial charge in [-0.3, -0.25) is 4.79 Å². The molecule has 0 bridgehead atoms. The third-order valence-corrected chi connectivity index (χ3v) is 6.06. The largest absolute Gasteiger partial charge is 0.477 e. The number of nitrogens with zero attached hydrogens (tertiary/aromatic N) is 4. The fourth-order valence-electron chi connectivity index (χ4n) is 3.89. The third-order valence-electron chi connectivity index (χ3n) is 5.38. The van der Waals surface area contributed by atoms with Crippen LogP contribution in [-0.2, 0) is 11.3 Å². The Labute approximate surface area is 172 Å². The lowest BCUT2D eigenvalue weighted by molar-refractivity contribution is -0.139. The van der Waals surface area contributed by atoms with Gasteiger partial charge >= 0.3 is 0 Å². The second kappa shape index (κ2) is 7.87. The van der Waals surface area contributed by atoms with E-state index in [1.54, 1.807) is 11.3 Å². The average molecular weight is 410 g/mol. The van der Waals surface area contributed by atoms with Crippen molar-refractivity contribution in [2.45, 2.75) is 31.9 Å². The van der Waals surface area contributed by atoms with Crippen molar-refractivity contribution >= 4 is 22.9 Å². The standard InChI is InChI=1S/C21H22N4O3S/c26-21(24-9-4-1-5-10-24)18-12-25(16-6-2-3-7-17(16)27-18)13-19-22-20(23-28-19)15-8-11-29-14-15/h2-3,6-8,11,14,18H,1,4-5,9-10,12-13H2/t18-/m1/s1. The molecule has 29 heavy (non-hydrogen) atoms. The zero-order chi connectivity index (χ0) is 19.6. The van der Waals surface area contributed by atoms with Gasteiger partial charge in [0.2, 0.25) is 11.7 Å². The minimum absolute atomic E-state index is 0.0636. The molecule has 8 heteroatoms. The molecule has 2 aromatic heterocycles. The van der Waals surface area contributed by atoms with Gasteiger partial charge in [-0.15, -0.1) is 0 Å². The molecular formula is C21H22N4O3S. The van der Waals surface area contributed by atoms with E-state index in [1.165, 1.54) is 6.42 Å². The molecule has 0 aliphatic carbocycles. The number of amides is 1. The van der Waals surface area contributed by atoms with Crippen molar-refractivity contribution in [2.75, 3.05) is 24.5 Å². The summed E-state index contributed by atoms with van der Waals surface area (Å²) in [5.74, 6) is 1.89. The highest BCUT2D eigenvalue weighted by atomic mass is 32.1. The average Bonchev–Trinajstić information content (AvgIpc) is 3.46. The number of rotatable bonds is 4. The fourth-order valence-corrected chi connectivity index (χ4v) is 4.53. The molecule has 0 spiro atoms. The van der Waals surface area contributed by atoms with Crippen molar-refractivity contribution in [3.05, 3.63) is 47.0 Å². The Hall–Kier alpha value is -2.87. The Balaban J connectivity index is 1.37. The van der Waals surface area contributed by atoms with Crippen molar-refractivity contribution in [3.8, 4) is 17.1 Å². The molecular weight excluding hydrogens is 388 g/mol. The quantitative estimate of drug-likeness (QED) is 0.655. The summed E-state index contributed by atoms with van der Waals surface area (Å²) in [6.45, 7) is 2.52. The van der Waals surface area contributed by atoms with Gasteiger partial charge in [-0.2, -0.15) is 16.3 Å². The van der Waals surface area contributed by atoms with Gasteiger partial charge in [0.1, 0.15) is 5.75 Å². The van der Waals surface area contributed by atoms with Crippen LogP contribution in [0.4, 0.5) is 5.69 Å². The molecule has 2 aliphatic rings. The Kier molecular flexibility index (Phi) is 4.93. The lowest BCUT2D eigenvalue weighted by atomic mass is 10.1. The van der Waals surface area contributed by atoms with E-state index in [-0.39, 0.29) is 5.91 Å². The number of benzene rings is 1. The predicted molar refractivity (Wildman–Crippen MR) is 110 cm³/mol. The molecule has 5 rings (SSSR count). The third kappa shape index (κ3) is 3.72. The van der Waals surface area contributed by atoms with E-state index in [0.29, 0.717) is 30.6 Å². The van der Waals surface area contributed by atoms with E-state index < -0.39 is 6.10 Å². The summed E-state index contributed by atoms with van der Waals surface area (Å²) in [7, 11) is 0. The first kappa shape index (κ1) is 18.2. The number of anilines is 1. The Morgan fingerprint density at radius 1 is 1.17 bits per heavy atom. The maximum atomic E-state index is 13.0. The molecule has 3 aromatic rings. The fraction of sp³-hybridized carbons (Fsp3) is 0.381.